The van der Waals surface area contributed by atoms with Gasteiger partial charge < -0.3 is 5.73 Å². The smallest absolute Gasteiger partial charge is 0.258 e. The third-order valence-corrected chi connectivity index (χ3v) is 4.45. The van der Waals surface area contributed by atoms with Crippen LogP contribution in [0.2, 0.25) is 0 Å². The molecule has 0 saturated carbocycles. The number of rotatable bonds is 3. The van der Waals surface area contributed by atoms with E-state index in [9.17, 15) is 9.59 Å². The number of amides is 1. The first kappa shape index (κ1) is 15.2. The highest BCUT2D eigenvalue weighted by Crippen LogP contribution is 2.19. The minimum absolute atomic E-state index is 0.131. The second kappa shape index (κ2) is 6.18. The first-order valence-electron chi connectivity index (χ1n) is 7.26. The molecule has 0 spiro atoms. The minimum atomic E-state index is -0.304. The van der Waals surface area contributed by atoms with Crippen molar-refractivity contribution in [3.05, 3.63) is 44.9 Å². The number of fused-ring (bicyclic) bond motifs is 1. The number of hydrogen-bond acceptors (Lipinski definition) is 4. The Morgan fingerprint density at radius 3 is 3.00 bits per heavy atom. The van der Waals surface area contributed by atoms with Crippen molar-refractivity contribution in [2.24, 2.45) is 5.73 Å². The molecule has 116 valence electrons. The highest BCUT2D eigenvalue weighted by molar-refractivity contribution is 9.10. The van der Waals surface area contributed by atoms with E-state index in [0.717, 1.165) is 30.3 Å². The van der Waals surface area contributed by atoms with Crippen molar-refractivity contribution in [1.29, 1.82) is 0 Å². The molecule has 1 amide bonds. The maximum absolute atomic E-state index is 12.2. The predicted molar refractivity (Wildman–Crippen MR) is 86.4 cm³/mol. The van der Waals surface area contributed by atoms with Crippen LogP contribution in [0, 0.1) is 0 Å². The fraction of sp³-hybridized carbons (Fsp3) is 0.400. The van der Waals surface area contributed by atoms with Crippen molar-refractivity contribution in [2.45, 2.75) is 31.8 Å². The van der Waals surface area contributed by atoms with Gasteiger partial charge in [-0.25, -0.2) is 4.98 Å². The quantitative estimate of drug-likeness (QED) is 0.889. The molecule has 22 heavy (non-hydrogen) atoms. The summed E-state index contributed by atoms with van der Waals surface area (Å²) in [6.45, 7) is 1.27. The van der Waals surface area contributed by atoms with E-state index >= 15 is 0 Å². The molecule has 0 aromatic carbocycles. The van der Waals surface area contributed by atoms with Crippen LogP contribution in [0.15, 0.2) is 33.7 Å². The molecule has 0 radical (unpaired) electrons. The van der Waals surface area contributed by atoms with E-state index in [4.69, 9.17) is 5.73 Å². The van der Waals surface area contributed by atoms with Crippen LogP contribution in [-0.2, 0) is 11.3 Å². The van der Waals surface area contributed by atoms with Crippen molar-refractivity contribution < 1.29 is 4.79 Å². The Morgan fingerprint density at radius 1 is 1.41 bits per heavy atom. The number of nitrogens with two attached hydrogens (primary N) is 1. The predicted octanol–water partition coefficient (Wildman–Crippen LogP) is 1.30. The lowest BCUT2D eigenvalue weighted by atomic mass is 10.0. The number of primary amides is 1. The van der Waals surface area contributed by atoms with Crippen LogP contribution in [0.4, 0.5) is 0 Å². The van der Waals surface area contributed by atoms with Crippen molar-refractivity contribution >= 4 is 27.5 Å². The molecule has 0 bridgehead atoms. The van der Waals surface area contributed by atoms with E-state index in [1.54, 1.807) is 12.3 Å². The van der Waals surface area contributed by atoms with Crippen LogP contribution in [0.5, 0.6) is 0 Å². The Labute approximate surface area is 136 Å². The van der Waals surface area contributed by atoms with E-state index in [1.807, 2.05) is 11.0 Å². The number of aromatic nitrogens is 2. The number of likely N-dealkylation sites (tertiary alicyclic amines) is 1. The van der Waals surface area contributed by atoms with Gasteiger partial charge in [-0.05, 0) is 47.4 Å². The minimum Gasteiger partial charge on any atom is -0.368 e. The lowest BCUT2D eigenvalue weighted by molar-refractivity contribution is -0.124. The fourth-order valence-corrected chi connectivity index (χ4v) is 3.25. The number of pyridine rings is 1. The van der Waals surface area contributed by atoms with Crippen molar-refractivity contribution in [1.82, 2.24) is 14.3 Å². The van der Waals surface area contributed by atoms with E-state index in [0.29, 0.717) is 17.9 Å². The number of halogens is 1. The molecule has 1 fully saturated rings. The Morgan fingerprint density at radius 2 is 2.23 bits per heavy atom. The van der Waals surface area contributed by atoms with Gasteiger partial charge in [0.2, 0.25) is 5.91 Å². The normalized spacial score (nSPS) is 19.4. The number of carbonyl (C=O) groups excluding carboxylic acids is 1. The maximum Gasteiger partial charge on any atom is 0.258 e. The highest BCUT2D eigenvalue weighted by Gasteiger charge is 2.27. The number of hydrogen-bond donors (Lipinski definition) is 1. The zero-order valence-electron chi connectivity index (χ0n) is 12.0. The largest absolute Gasteiger partial charge is 0.368 e. The van der Waals surface area contributed by atoms with Crippen LogP contribution in [0.25, 0.3) is 5.65 Å². The van der Waals surface area contributed by atoms with Gasteiger partial charge in [-0.2, -0.15) is 0 Å². The molecule has 2 aromatic rings. The van der Waals surface area contributed by atoms with Gasteiger partial charge in [-0.3, -0.25) is 18.9 Å². The first-order chi connectivity index (χ1) is 10.5. The summed E-state index contributed by atoms with van der Waals surface area (Å²) in [6, 6.07) is 4.89. The summed E-state index contributed by atoms with van der Waals surface area (Å²) in [6.07, 6.45) is 4.51. The molecule has 2 aromatic heterocycles. The summed E-state index contributed by atoms with van der Waals surface area (Å²) in [4.78, 5) is 30.3. The molecule has 1 saturated heterocycles. The third-order valence-electron chi connectivity index (χ3n) is 3.98. The van der Waals surface area contributed by atoms with E-state index in [-0.39, 0.29) is 17.5 Å². The Balaban J connectivity index is 1.92. The van der Waals surface area contributed by atoms with Crippen LogP contribution in [0.1, 0.15) is 25.0 Å². The number of piperidine rings is 1. The van der Waals surface area contributed by atoms with Crippen molar-refractivity contribution in [3.8, 4) is 0 Å². The van der Waals surface area contributed by atoms with Crippen LogP contribution < -0.4 is 11.3 Å². The third kappa shape index (κ3) is 3.05. The SMILES string of the molecule is NC(=O)C1CCCCN1Cc1cc(=O)n2cc(Br)ccc2n1. The van der Waals surface area contributed by atoms with E-state index < -0.39 is 0 Å². The van der Waals surface area contributed by atoms with Gasteiger partial charge in [0.25, 0.3) is 5.56 Å². The molecule has 1 atom stereocenters. The zero-order chi connectivity index (χ0) is 15.7. The molecule has 3 heterocycles. The summed E-state index contributed by atoms with van der Waals surface area (Å²) in [7, 11) is 0. The lowest BCUT2D eigenvalue weighted by Gasteiger charge is -2.33. The molecule has 3 rings (SSSR count). The van der Waals surface area contributed by atoms with Gasteiger partial charge >= 0.3 is 0 Å². The second-order valence-electron chi connectivity index (χ2n) is 5.55. The fourth-order valence-electron chi connectivity index (χ4n) is 2.92. The molecule has 2 N–H and O–H groups in total. The molecule has 1 aliphatic rings. The summed E-state index contributed by atoms with van der Waals surface area (Å²) >= 11 is 3.34. The maximum atomic E-state index is 12.2. The van der Waals surface area contributed by atoms with E-state index in [1.165, 1.54) is 10.5 Å². The summed E-state index contributed by atoms with van der Waals surface area (Å²) in [5.74, 6) is -0.304. The van der Waals surface area contributed by atoms with Gasteiger partial charge in [-0.1, -0.05) is 6.42 Å². The van der Waals surface area contributed by atoms with Crippen LogP contribution in [-0.4, -0.2) is 32.8 Å². The molecular weight excluding hydrogens is 348 g/mol. The zero-order valence-corrected chi connectivity index (χ0v) is 13.6. The molecule has 1 unspecified atom stereocenters. The van der Waals surface area contributed by atoms with Gasteiger partial charge in [-0.15, -0.1) is 0 Å². The van der Waals surface area contributed by atoms with Crippen molar-refractivity contribution in [3.63, 3.8) is 0 Å². The van der Waals surface area contributed by atoms with Gasteiger partial charge in [0, 0.05) is 23.3 Å². The van der Waals surface area contributed by atoms with E-state index in [2.05, 4.69) is 20.9 Å². The molecule has 6 nitrogen and oxygen atoms in total. The number of carbonyl (C=O) groups is 1. The van der Waals surface area contributed by atoms with Gasteiger partial charge in [0.05, 0.1) is 11.7 Å². The topological polar surface area (TPSA) is 80.7 Å². The lowest BCUT2D eigenvalue weighted by Crippen LogP contribution is -2.47. The standard InChI is InChI=1S/C15H17BrN4O2/c16-10-4-5-13-18-11(7-14(21)20(13)8-10)9-19-6-2-1-3-12(19)15(17)22/h4-5,7-8,12H,1-3,6,9H2,(H2,17,22). The van der Waals surface area contributed by atoms with Gasteiger partial charge in [0.15, 0.2) is 0 Å². The average Bonchev–Trinajstić information content (AvgIpc) is 2.48. The summed E-state index contributed by atoms with van der Waals surface area (Å²) in [5.41, 5.74) is 6.61. The molecule has 7 heteroatoms. The monoisotopic (exact) mass is 364 g/mol. The molecule has 1 aliphatic heterocycles. The van der Waals surface area contributed by atoms with Crippen LogP contribution in [0.3, 0.4) is 0 Å². The Hall–Kier alpha value is -1.73. The van der Waals surface area contributed by atoms with Gasteiger partial charge in [0.1, 0.15) is 5.65 Å². The summed E-state index contributed by atoms with van der Waals surface area (Å²) in [5, 5.41) is 0. The molecular formula is C15H17BrN4O2. The number of nitrogens with zero attached hydrogens (tertiary/aromatic N) is 3. The highest BCUT2D eigenvalue weighted by atomic mass is 79.9. The Bertz CT molecular complexity index is 774. The Kier molecular flexibility index (Phi) is 4.26. The second-order valence-corrected chi connectivity index (χ2v) is 6.46. The van der Waals surface area contributed by atoms with Crippen molar-refractivity contribution in [2.75, 3.05) is 6.54 Å². The molecule has 0 aliphatic carbocycles. The average molecular weight is 365 g/mol. The summed E-state index contributed by atoms with van der Waals surface area (Å²) < 4.78 is 2.32. The van der Waals surface area contributed by atoms with Crippen LogP contribution >= 0.6 is 15.9 Å². The first-order valence-corrected chi connectivity index (χ1v) is 8.05.